The zero-order valence-corrected chi connectivity index (χ0v) is 11.0. The Balaban J connectivity index is 2.33. The standard InChI is InChI=1S/C13H12N2O3S/c1-3-4-8-7(2)12(17)15(13(8)18)9-5-6-10(19)14-11(9)16/h3-4,9H,1-2,5-6H2,(H,14,16,19)/b8-4+. The number of piperidine rings is 1. The molecule has 2 aliphatic rings. The number of hydrogen-bond donors (Lipinski definition) is 1. The van der Waals surface area contributed by atoms with E-state index in [2.05, 4.69) is 18.5 Å². The Bertz CT molecular complexity index is 562. The van der Waals surface area contributed by atoms with Crippen LogP contribution in [0.4, 0.5) is 0 Å². The number of hydrogen-bond acceptors (Lipinski definition) is 4. The Kier molecular flexibility index (Phi) is 3.44. The molecule has 0 radical (unpaired) electrons. The minimum atomic E-state index is -0.820. The van der Waals surface area contributed by atoms with Gasteiger partial charge >= 0.3 is 0 Å². The zero-order valence-electron chi connectivity index (χ0n) is 10.1. The van der Waals surface area contributed by atoms with Crippen LogP contribution in [0.2, 0.25) is 0 Å². The van der Waals surface area contributed by atoms with E-state index in [0.29, 0.717) is 17.8 Å². The Hall–Kier alpha value is -2.08. The van der Waals surface area contributed by atoms with Crippen molar-refractivity contribution in [1.29, 1.82) is 0 Å². The number of amides is 3. The highest BCUT2D eigenvalue weighted by Gasteiger charge is 2.45. The van der Waals surface area contributed by atoms with Crippen molar-refractivity contribution in [3.05, 3.63) is 36.5 Å². The highest BCUT2D eigenvalue weighted by molar-refractivity contribution is 7.80. The van der Waals surface area contributed by atoms with Gasteiger partial charge in [0.05, 0.1) is 10.6 Å². The number of carbonyl (C=O) groups excluding carboxylic acids is 3. The minimum Gasteiger partial charge on any atom is -0.319 e. The summed E-state index contributed by atoms with van der Waals surface area (Å²) in [5.41, 5.74) is 0.270. The quantitative estimate of drug-likeness (QED) is 0.456. The fourth-order valence-electron chi connectivity index (χ4n) is 2.11. The largest absolute Gasteiger partial charge is 0.319 e. The molecular formula is C13H12N2O3S. The Labute approximate surface area is 115 Å². The Morgan fingerprint density at radius 1 is 1.32 bits per heavy atom. The predicted molar refractivity (Wildman–Crippen MR) is 73.0 cm³/mol. The van der Waals surface area contributed by atoms with Crippen LogP contribution >= 0.6 is 12.2 Å². The molecular weight excluding hydrogens is 264 g/mol. The monoisotopic (exact) mass is 276 g/mol. The van der Waals surface area contributed by atoms with Gasteiger partial charge in [0.25, 0.3) is 11.8 Å². The van der Waals surface area contributed by atoms with Crippen LogP contribution < -0.4 is 5.32 Å². The first-order chi connectivity index (χ1) is 8.97. The molecule has 0 aromatic heterocycles. The van der Waals surface area contributed by atoms with Gasteiger partial charge in [-0.05, 0) is 12.5 Å². The van der Waals surface area contributed by atoms with E-state index in [-0.39, 0.29) is 11.1 Å². The first-order valence-corrected chi connectivity index (χ1v) is 6.11. The van der Waals surface area contributed by atoms with Gasteiger partial charge in [0.1, 0.15) is 6.04 Å². The molecule has 0 bridgehead atoms. The van der Waals surface area contributed by atoms with Gasteiger partial charge in [-0.25, -0.2) is 0 Å². The number of allylic oxidation sites excluding steroid dienone is 2. The number of rotatable bonds is 2. The molecule has 2 heterocycles. The third kappa shape index (κ3) is 2.15. The predicted octanol–water partition coefficient (Wildman–Crippen LogP) is 0.630. The zero-order chi connectivity index (χ0) is 14.2. The lowest BCUT2D eigenvalue weighted by Crippen LogP contribution is -2.53. The molecule has 98 valence electrons. The summed E-state index contributed by atoms with van der Waals surface area (Å²) in [6.45, 7) is 7.07. The highest BCUT2D eigenvalue weighted by atomic mass is 32.1. The Morgan fingerprint density at radius 3 is 2.58 bits per heavy atom. The first-order valence-electron chi connectivity index (χ1n) is 5.71. The molecule has 0 aliphatic carbocycles. The number of imide groups is 1. The molecule has 0 aromatic carbocycles. The van der Waals surface area contributed by atoms with E-state index in [9.17, 15) is 14.4 Å². The topological polar surface area (TPSA) is 66.5 Å². The summed E-state index contributed by atoms with van der Waals surface area (Å²) in [6.07, 6.45) is 3.64. The second-order valence-corrected chi connectivity index (χ2v) is 4.73. The van der Waals surface area contributed by atoms with E-state index in [1.807, 2.05) is 0 Å². The van der Waals surface area contributed by atoms with Crippen LogP contribution in [0.25, 0.3) is 0 Å². The van der Waals surface area contributed by atoms with E-state index in [1.165, 1.54) is 12.2 Å². The average molecular weight is 276 g/mol. The van der Waals surface area contributed by atoms with Crippen molar-refractivity contribution in [3.8, 4) is 0 Å². The van der Waals surface area contributed by atoms with Gasteiger partial charge in [0.15, 0.2) is 0 Å². The summed E-state index contributed by atoms with van der Waals surface area (Å²) in [4.78, 5) is 37.4. The summed E-state index contributed by atoms with van der Waals surface area (Å²) >= 11 is 4.89. The van der Waals surface area contributed by atoms with Crippen molar-refractivity contribution in [2.75, 3.05) is 0 Å². The minimum absolute atomic E-state index is 0.0888. The number of likely N-dealkylation sites (tertiary alicyclic amines) is 1. The first kappa shape index (κ1) is 13.4. The lowest BCUT2D eigenvalue weighted by atomic mass is 10.1. The molecule has 6 heteroatoms. The molecule has 0 saturated carbocycles. The maximum absolute atomic E-state index is 12.2. The fraction of sp³-hybridized carbons (Fsp3) is 0.231. The molecule has 2 rings (SSSR count). The number of nitrogens with zero attached hydrogens (tertiary/aromatic N) is 1. The maximum Gasteiger partial charge on any atom is 0.262 e. The maximum atomic E-state index is 12.2. The molecule has 0 aromatic rings. The van der Waals surface area contributed by atoms with Crippen molar-refractivity contribution in [1.82, 2.24) is 10.2 Å². The van der Waals surface area contributed by atoms with Crippen LogP contribution in [-0.2, 0) is 14.4 Å². The lowest BCUT2D eigenvalue weighted by Gasteiger charge is -2.28. The van der Waals surface area contributed by atoms with Crippen molar-refractivity contribution >= 4 is 34.9 Å². The lowest BCUT2D eigenvalue weighted by molar-refractivity contribution is -0.145. The number of carbonyl (C=O) groups is 3. The molecule has 19 heavy (non-hydrogen) atoms. The summed E-state index contributed by atoms with van der Waals surface area (Å²) in [5.74, 6) is -1.47. The summed E-state index contributed by atoms with van der Waals surface area (Å²) in [7, 11) is 0. The second kappa shape index (κ2) is 4.89. The van der Waals surface area contributed by atoms with Crippen LogP contribution in [0.15, 0.2) is 36.5 Å². The van der Waals surface area contributed by atoms with Gasteiger partial charge in [-0.2, -0.15) is 0 Å². The third-order valence-corrected chi connectivity index (χ3v) is 3.36. The molecule has 0 spiro atoms. The molecule has 1 unspecified atom stereocenters. The molecule has 2 saturated heterocycles. The Morgan fingerprint density at radius 2 is 2.00 bits per heavy atom. The van der Waals surface area contributed by atoms with Crippen molar-refractivity contribution in [2.45, 2.75) is 18.9 Å². The van der Waals surface area contributed by atoms with Gasteiger partial charge in [0, 0.05) is 12.0 Å². The van der Waals surface area contributed by atoms with E-state index < -0.39 is 23.8 Å². The van der Waals surface area contributed by atoms with E-state index in [1.54, 1.807) is 0 Å². The smallest absolute Gasteiger partial charge is 0.262 e. The van der Waals surface area contributed by atoms with Crippen molar-refractivity contribution in [2.24, 2.45) is 0 Å². The van der Waals surface area contributed by atoms with E-state index in [0.717, 1.165) is 4.90 Å². The van der Waals surface area contributed by atoms with Crippen LogP contribution in [0.3, 0.4) is 0 Å². The van der Waals surface area contributed by atoms with E-state index >= 15 is 0 Å². The molecule has 1 N–H and O–H groups in total. The van der Waals surface area contributed by atoms with Gasteiger partial charge in [-0.15, -0.1) is 0 Å². The van der Waals surface area contributed by atoms with Gasteiger partial charge in [-0.3, -0.25) is 19.3 Å². The number of nitrogens with one attached hydrogen (secondary N) is 1. The normalized spacial score (nSPS) is 26.1. The van der Waals surface area contributed by atoms with Crippen LogP contribution in [-0.4, -0.2) is 33.7 Å². The van der Waals surface area contributed by atoms with E-state index in [4.69, 9.17) is 12.2 Å². The van der Waals surface area contributed by atoms with Crippen LogP contribution in [0.5, 0.6) is 0 Å². The summed E-state index contributed by atoms with van der Waals surface area (Å²) in [5, 5.41) is 2.49. The SMILES string of the molecule is C=C/C=C1\C(=C)C(=O)N(C2CCC(=S)NC2=O)C1=O. The van der Waals surface area contributed by atoms with Gasteiger partial charge in [0.2, 0.25) is 5.91 Å². The van der Waals surface area contributed by atoms with Gasteiger partial charge < -0.3 is 5.32 Å². The highest BCUT2D eigenvalue weighted by Crippen LogP contribution is 2.28. The van der Waals surface area contributed by atoms with Gasteiger partial charge in [-0.1, -0.05) is 31.5 Å². The van der Waals surface area contributed by atoms with Crippen LogP contribution in [0, 0.1) is 0 Å². The number of thiocarbonyl (C=S) groups is 1. The van der Waals surface area contributed by atoms with Crippen molar-refractivity contribution in [3.63, 3.8) is 0 Å². The molecule has 2 fully saturated rings. The summed E-state index contributed by atoms with van der Waals surface area (Å²) in [6, 6.07) is -0.820. The molecule has 3 amide bonds. The third-order valence-electron chi connectivity index (χ3n) is 3.06. The fourth-order valence-corrected chi connectivity index (χ4v) is 2.33. The molecule has 2 aliphatic heterocycles. The van der Waals surface area contributed by atoms with Crippen LogP contribution in [0.1, 0.15) is 12.8 Å². The average Bonchev–Trinajstić information content (AvgIpc) is 2.55. The summed E-state index contributed by atoms with van der Waals surface area (Å²) < 4.78 is 0. The molecule has 5 nitrogen and oxygen atoms in total. The second-order valence-electron chi connectivity index (χ2n) is 4.24. The molecule has 1 atom stereocenters. The van der Waals surface area contributed by atoms with Crippen molar-refractivity contribution < 1.29 is 14.4 Å².